The number of benzene rings is 2. The molecule has 0 atom stereocenters. The van der Waals surface area contributed by atoms with E-state index < -0.39 is 20.0 Å². The third-order valence-electron chi connectivity index (χ3n) is 5.75. The Labute approximate surface area is 205 Å². The van der Waals surface area contributed by atoms with Crippen molar-refractivity contribution in [3.63, 3.8) is 0 Å². The first-order chi connectivity index (χ1) is 16.7. The highest BCUT2D eigenvalue weighted by Gasteiger charge is 2.31. The lowest BCUT2D eigenvalue weighted by atomic mass is 9.97. The maximum absolute atomic E-state index is 12.7. The summed E-state index contributed by atoms with van der Waals surface area (Å²) in [4.78, 5) is 16.7. The lowest BCUT2D eigenvalue weighted by molar-refractivity contribution is -0.120. The van der Waals surface area contributed by atoms with Gasteiger partial charge in [0.15, 0.2) is 0 Å². The van der Waals surface area contributed by atoms with Gasteiger partial charge in [0, 0.05) is 30.9 Å². The first-order valence-corrected chi connectivity index (χ1v) is 14.2. The maximum Gasteiger partial charge on any atom is 0.263 e. The van der Waals surface area contributed by atoms with Crippen molar-refractivity contribution in [1.82, 2.24) is 9.29 Å². The van der Waals surface area contributed by atoms with E-state index in [-0.39, 0.29) is 41.4 Å². The number of nitrogens with zero attached hydrogens (tertiary/aromatic N) is 2. The predicted octanol–water partition coefficient (Wildman–Crippen LogP) is 3.06. The third-order valence-corrected chi connectivity index (χ3v) is 8.97. The van der Waals surface area contributed by atoms with Crippen molar-refractivity contribution in [2.24, 2.45) is 5.92 Å². The summed E-state index contributed by atoms with van der Waals surface area (Å²) in [6.45, 7) is 0.563. The molecule has 3 aromatic rings. The minimum atomic E-state index is -3.81. The molecule has 2 aromatic carbocycles. The van der Waals surface area contributed by atoms with Crippen LogP contribution in [0.4, 0.5) is 11.5 Å². The Hall–Kier alpha value is -3.28. The highest BCUT2D eigenvalue weighted by Crippen LogP contribution is 2.24. The van der Waals surface area contributed by atoms with Gasteiger partial charge in [-0.15, -0.1) is 0 Å². The number of pyridine rings is 1. The standard InChI is InChI=1S/C24H26N4O5S2/c29-24(20-13-16-28(17-14-20)34(30,31)18-19-6-2-1-3-7-19)26-21-9-11-22(12-10-21)35(32,33)27-23-8-4-5-15-25-23/h1-12,15,20H,13-14,16-18H2,(H,25,27)(H,26,29). The summed E-state index contributed by atoms with van der Waals surface area (Å²) in [7, 11) is -7.26. The van der Waals surface area contributed by atoms with Crippen LogP contribution in [-0.2, 0) is 30.6 Å². The zero-order valence-electron chi connectivity index (χ0n) is 18.9. The highest BCUT2D eigenvalue weighted by atomic mass is 32.2. The monoisotopic (exact) mass is 514 g/mol. The second kappa shape index (κ2) is 10.5. The number of sulfonamides is 2. The molecule has 0 bridgehead atoms. The number of carbonyl (C=O) groups excluding carboxylic acids is 1. The second-order valence-electron chi connectivity index (χ2n) is 8.25. The Kier molecular flexibility index (Phi) is 7.48. The first kappa shape index (κ1) is 24.8. The van der Waals surface area contributed by atoms with Gasteiger partial charge in [-0.3, -0.25) is 9.52 Å². The molecule has 1 fully saturated rings. The molecule has 35 heavy (non-hydrogen) atoms. The molecule has 1 amide bonds. The van der Waals surface area contributed by atoms with Crippen LogP contribution < -0.4 is 10.0 Å². The SMILES string of the molecule is O=C(Nc1ccc(S(=O)(=O)Nc2ccccn2)cc1)C1CCN(S(=O)(=O)Cc2ccccc2)CC1. The zero-order valence-corrected chi connectivity index (χ0v) is 20.5. The van der Waals surface area contributed by atoms with E-state index in [0.29, 0.717) is 18.5 Å². The summed E-state index contributed by atoms with van der Waals surface area (Å²) in [5.41, 5.74) is 1.19. The molecule has 184 valence electrons. The lowest BCUT2D eigenvalue weighted by Gasteiger charge is -2.30. The lowest BCUT2D eigenvalue weighted by Crippen LogP contribution is -2.41. The minimum Gasteiger partial charge on any atom is -0.326 e. The Morgan fingerprint density at radius 2 is 1.54 bits per heavy atom. The van der Waals surface area contributed by atoms with Crippen LogP contribution in [0, 0.1) is 5.92 Å². The van der Waals surface area contributed by atoms with E-state index in [2.05, 4.69) is 15.0 Å². The summed E-state index contributed by atoms with van der Waals surface area (Å²) in [6, 6.07) is 19.8. The van der Waals surface area contributed by atoms with Crippen LogP contribution in [0.3, 0.4) is 0 Å². The van der Waals surface area contributed by atoms with E-state index in [9.17, 15) is 21.6 Å². The van der Waals surface area contributed by atoms with Crippen LogP contribution in [-0.4, -0.2) is 45.1 Å². The number of nitrogens with one attached hydrogen (secondary N) is 2. The Morgan fingerprint density at radius 3 is 2.17 bits per heavy atom. The maximum atomic E-state index is 12.7. The summed E-state index contributed by atoms with van der Waals surface area (Å²) < 4.78 is 54.3. The Morgan fingerprint density at radius 1 is 0.886 bits per heavy atom. The van der Waals surface area contributed by atoms with Gasteiger partial charge in [-0.1, -0.05) is 36.4 Å². The smallest absolute Gasteiger partial charge is 0.263 e. The van der Waals surface area contributed by atoms with Gasteiger partial charge in [-0.05, 0) is 54.8 Å². The number of rotatable bonds is 8. The average molecular weight is 515 g/mol. The van der Waals surface area contributed by atoms with Gasteiger partial charge in [-0.2, -0.15) is 0 Å². The van der Waals surface area contributed by atoms with Crippen molar-refractivity contribution in [1.29, 1.82) is 0 Å². The van der Waals surface area contributed by atoms with Crippen molar-refractivity contribution in [3.05, 3.63) is 84.6 Å². The van der Waals surface area contributed by atoms with E-state index in [0.717, 1.165) is 5.56 Å². The number of anilines is 2. The van der Waals surface area contributed by atoms with Crippen molar-refractivity contribution >= 4 is 37.5 Å². The zero-order chi connectivity index (χ0) is 24.9. The molecule has 1 saturated heterocycles. The number of hydrogen-bond donors (Lipinski definition) is 2. The Bertz CT molecular complexity index is 1360. The fourth-order valence-electron chi connectivity index (χ4n) is 3.85. The van der Waals surface area contributed by atoms with Gasteiger partial charge in [0.2, 0.25) is 15.9 Å². The summed E-state index contributed by atoms with van der Waals surface area (Å²) >= 11 is 0. The molecule has 2 N–H and O–H groups in total. The molecule has 0 spiro atoms. The van der Waals surface area contributed by atoms with Gasteiger partial charge in [0.1, 0.15) is 5.82 Å². The molecule has 0 saturated carbocycles. The molecule has 4 rings (SSSR count). The number of hydrogen-bond acceptors (Lipinski definition) is 6. The Balaban J connectivity index is 1.31. The van der Waals surface area contributed by atoms with Crippen molar-refractivity contribution < 1.29 is 21.6 Å². The van der Waals surface area contributed by atoms with Gasteiger partial charge >= 0.3 is 0 Å². The van der Waals surface area contributed by atoms with Crippen LogP contribution in [0.25, 0.3) is 0 Å². The molecule has 0 unspecified atom stereocenters. The number of aromatic nitrogens is 1. The molecule has 1 aromatic heterocycles. The van der Waals surface area contributed by atoms with Crippen LogP contribution >= 0.6 is 0 Å². The van der Waals surface area contributed by atoms with E-state index in [4.69, 9.17) is 0 Å². The van der Waals surface area contributed by atoms with Gasteiger partial charge in [0.25, 0.3) is 10.0 Å². The molecule has 11 heteroatoms. The van der Waals surface area contributed by atoms with E-state index >= 15 is 0 Å². The molecular formula is C24H26N4O5S2. The van der Waals surface area contributed by atoms with Crippen LogP contribution in [0.15, 0.2) is 83.9 Å². The first-order valence-electron chi connectivity index (χ1n) is 11.1. The number of amides is 1. The molecule has 0 aliphatic carbocycles. The molecule has 2 heterocycles. The quantitative estimate of drug-likeness (QED) is 0.476. The molecular weight excluding hydrogens is 488 g/mol. The van der Waals surface area contributed by atoms with E-state index in [1.807, 2.05) is 6.07 Å². The highest BCUT2D eigenvalue weighted by molar-refractivity contribution is 7.92. The topological polar surface area (TPSA) is 126 Å². The van der Waals surface area contributed by atoms with Crippen LogP contribution in [0.5, 0.6) is 0 Å². The van der Waals surface area contributed by atoms with Crippen molar-refractivity contribution in [2.75, 3.05) is 23.1 Å². The minimum absolute atomic E-state index is 0.0399. The molecule has 1 aliphatic heterocycles. The van der Waals surface area contributed by atoms with Gasteiger partial charge in [-0.25, -0.2) is 26.1 Å². The van der Waals surface area contributed by atoms with Crippen LogP contribution in [0.1, 0.15) is 18.4 Å². The number of carbonyl (C=O) groups is 1. The summed E-state index contributed by atoms with van der Waals surface area (Å²) in [5, 5.41) is 2.80. The van der Waals surface area contributed by atoms with Gasteiger partial charge < -0.3 is 5.32 Å². The third kappa shape index (κ3) is 6.44. The number of piperidine rings is 1. The second-order valence-corrected chi connectivity index (χ2v) is 11.9. The van der Waals surface area contributed by atoms with Crippen molar-refractivity contribution in [3.8, 4) is 0 Å². The fraction of sp³-hybridized carbons (Fsp3) is 0.250. The predicted molar refractivity (Wildman–Crippen MR) is 133 cm³/mol. The normalized spacial score (nSPS) is 15.4. The molecule has 1 aliphatic rings. The van der Waals surface area contributed by atoms with Gasteiger partial charge in [0.05, 0.1) is 10.6 Å². The largest absolute Gasteiger partial charge is 0.326 e. The van der Waals surface area contributed by atoms with E-state index in [1.165, 1.54) is 34.8 Å². The summed E-state index contributed by atoms with van der Waals surface area (Å²) in [6.07, 6.45) is 2.32. The summed E-state index contributed by atoms with van der Waals surface area (Å²) in [5.74, 6) is -0.392. The van der Waals surface area contributed by atoms with E-state index in [1.54, 1.807) is 42.5 Å². The van der Waals surface area contributed by atoms with Crippen molar-refractivity contribution in [2.45, 2.75) is 23.5 Å². The van der Waals surface area contributed by atoms with Crippen LogP contribution in [0.2, 0.25) is 0 Å². The fourth-order valence-corrected chi connectivity index (χ4v) is 6.43. The molecule has 9 nitrogen and oxygen atoms in total. The molecule has 0 radical (unpaired) electrons. The average Bonchev–Trinajstić information content (AvgIpc) is 2.85.